The first-order chi connectivity index (χ1) is 9.72. The minimum absolute atomic E-state index is 0.889. The highest BCUT2D eigenvalue weighted by molar-refractivity contribution is 7.11. The average Bonchev–Trinajstić information content (AvgIpc) is 2.84. The molecule has 0 amide bonds. The van der Waals surface area contributed by atoms with Crippen LogP contribution in [-0.4, -0.2) is 16.5 Å². The second kappa shape index (κ2) is 5.59. The van der Waals surface area contributed by atoms with E-state index in [9.17, 15) is 0 Å². The first-order valence-corrected chi connectivity index (χ1v) is 7.55. The molecule has 0 aliphatic rings. The molecule has 1 aromatic carbocycles. The highest BCUT2D eigenvalue weighted by Gasteiger charge is 2.04. The molecular weight excluding hydrogens is 266 g/mol. The number of nitrogens with zero attached hydrogens (tertiary/aromatic N) is 2. The van der Waals surface area contributed by atoms with E-state index in [-0.39, 0.29) is 0 Å². The summed E-state index contributed by atoms with van der Waals surface area (Å²) in [6, 6.07) is 10.3. The number of nitrogens with one attached hydrogen (secondary N) is 1. The molecule has 0 bridgehead atoms. The first-order valence-electron chi connectivity index (χ1n) is 6.74. The Morgan fingerprint density at radius 3 is 2.85 bits per heavy atom. The lowest BCUT2D eigenvalue weighted by atomic mass is 10.1. The Labute approximate surface area is 122 Å². The lowest BCUT2D eigenvalue weighted by Gasteiger charge is -2.10. The molecule has 20 heavy (non-hydrogen) atoms. The maximum Gasteiger partial charge on any atom is 0.0945 e. The second-order valence-electron chi connectivity index (χ2n) is 4.87. The van der Waals surface area contributed by atoms with Crippen molar-refractivity contribution in [1.82, 2.24) is 9.97 Å². The minimum Gasteiger partial charge on any atom is -0.384 e. The van der Waals surface area contributed by atoms with Gasteiger partial charge in [-0.05, 0) is 26.0 Å². The quantitative estimate of drug-likeness (QED) is 0.787. The summed E-state index contributed by atoms with van der Waals surface area (Å²) in [5.74, 6) is 0. The van der Waals surface area contributed by atoms with E-state index in [4.69, 9.17) is 0 Å². The lowest BCUT2D eigenvalue weighted by Crippen LogP contribution is -2.05. The number of fused-ring (bicyclic) bond motifs is 1. The molecule has 2 heterocycles. The largest absolute Gasteiger partial charge is 0.384 e. The van der Waals surface area contributed by atoms with Crippen LogP contribution in [0, 0.1) is 13.8 Å². The van der Waals surface area contributed by atoms with Gasteiger partial charge in [0.1, 0.15) is 0 Å². The molecule has 0 saturated heterocycles. The van der Waals surface area contributed by atoms with Crippen LogP contribution in [0.5, 0.6) is 0 Å². The van der Waals surface area contributed by atoms with E-state index >= 15 is 0 Å². The van der Waals surface area contributed by atoms with Crippen LogP contribution in [0.4, 0.5) is 5.69 Å². The predicted octanol–water partition coefficient (Wildman–Crippen LogP) is 3.96. The number of para-hydroxylation sites is 1. The summed E-state index contributed by atoms with van der Waals surface area (Å²) in [5, 5.41) is 5.87. The molecule has 0 aliphatic carbocycles. The van der Waals surface area contributed by atoms with E-state index in [0.29, 0.717) is 0 Å². The van der Waals surface area contributed by atoms with E-state index in [0.717, 1.165) is 29.9 Å². The van der Waals surface area contributed by atoms with Crippen molar-refractivity contribution >= 4 is 27.9 Å². The van der Waals surface area contributed by atoms with Gasteiger partial charge in [-0.3, -0.25) is 4.98 Å². The second-order valence-corrected chi connectivity index (χ2v) is 6.19. The summed E-state index contributed by atoms with van der Waals surface area (Å²) < 4.78 is 0. The topological polar surface area (TPSA) is 37.8 Å². The van der Waals surface area contributed by atoms with Crippen molar-refractivity contribution in [2.45, 2.75) is 20.3 Å². The van der Waals surface area contributed by atoms with E-state index in [2.05, 4.69) is 46.5 Å². The molecule has 3 nitrogen and oxygen atoms in total. The molecule has 0 saturated carbocycles. The third-order valence-electron chi connectivity index (χ3n) is 3.17. The van der Waals surface area contributed by atoms with Gasteiger partial charge in [0.2, 0.25) is 0 Å². The molecule has 102 valence electrons. The minimum atomic E-state index is 0.889. The summed E-state index contributed by atoms with van der Waals surface area (Å²) in [7, 11) is 0. The third kappa shape index (κ3) is 2.80. The number of hydrogen-bond donors (Lipinski definition) is 1. The van der Waals surface area contributed by atoms with Gasteiger partial charge in [-0.15, -0.1) is 11.3 Å². The molecular formula is C16H17N3S. The summed E-state index contributed by atoms with van der Waals surface area (Å²) in [4.78, 5) is 10.2. The molecule has 0 fully saturated rings. The van der Waals surface area contributed by atoms with Crippen LogP contribution < -0.4 is 5.32 Å². The molecule has 0 radical (unpaired) electrons. The Morgan fingerprint density at radius 1 is 1.20 bits per heavy atom. The first kappa shape index (κ1) is 13.1. The molecule has 1 N–H and O–H groups in total. The molecule has 3 rings (SSSR count). The van der Waals surface area contributed by atoms with Crippen molar-refractivity contribution in [3.63, 3.8) is 0 Å². The van der Waals surface area contributed by atoms with Crippen molar-refractivity contribution < 1.29 is 0 Å². The van der Waals surface area contributed by atoms with Crippen LogP contribution in [0.15, 0.2) is 36.5 Å². The molecule has 3 aromatic rings. The highest BCUT2D eigenvalue weighted by Crippen LogP contribution is 2.23. The van der Waals surface area contributed by atoms with Crippen LogP contribution in [0.25, 0.3) is 10.9 Å². The number of pyridine rings is 1. The van der Waals surface area contributed by atoms with Gasteiger partial charge in [0.15, 0.2) is 0 Å². The van der Waals surface area contributed by atoms with Gasteiger partial charge in [-0.1, -0.05) is 18.2 Å². The number of rotatable bonds is 4. The average molecular weight is 283 g/mol. The van der Waals surface area contributed by atoms with Crippen LogP contribution in [0.2, 0.25) is 0 Å². The number of thiazole rings is 1. The fraction of sp³-hybridized carbons (Fsp3) is 0.250. The summed E-state index contributed by atoms with van der Waals surface area (Å²) in [6.07, 6.45) is 2.89. The lowest BCUT2D eigenvalue weighted by molar-refractivity contribution is 0.998. The molecule has 0 unspecified atom stereocenters. The zero-order valence-electron chi connectivity index (χ0n) is 11.7. The van der Waals surface area contributed by atoms with Crippen molar-refractivity contribution in [3.05, 3.63) is 52.1 Å². The van der Waals surface area contributed by atoms with Crippen molar-refractivity contribution in [2.24, 2.45) is 0 Å². The Kier molecular flexibility index (Phi) is 3.65. The van der Waals surface area contributed by atoms with Gasteiger partial charge in [0.05, 0.1) is 10.5 Å². The monoisotopic (exact) mass is 283 g/mol. The molecule has 0 spiro atoms. The Morgan fingerprint density at radius 2 is 2.05 bits per heavy atom. The van der Waals surface area contributed by atoms with Crippen molar-refractivity contribution in [2.75, 3.05) is 11.9 Å². The number of aromatic nitrogens is 2. The van der Waals surface area contributed by atoms with Gasteiger partial charge in [0, 0.05) is 40.8 Å². The van der Waals surface area contributed by atoms with Crippen molar-refractivity contribution in [3.8, 4) is 0 Å². The Hall–Kier alpha value is -1.94. The van der Waals surface area contributed by atoms with Crippen LogP contribution in [0.1, 0.15) is 15.6 Å². The van der Waals surface area contributed by atoms with Gasteiger partial charge >= 0.3 is 0 Å². The zero-order valence-corrected chi connectivity index (χ0v) is 12.5. The maximum absolute atomic E-state index is 4.56. The summed E-state index contributed by atoms with van der Waals surface area (Å²) in [5.41, 5.74) is 3.23. The highest BCUT2D eigenvalue weighted by atomic mass is 32.1. The fourth-order valence-corrected chi connectivity index (χ4v) is 3.06. The molecule has 0 atom stereocenters. The van der Waals surface area contributed by atoms with Gasteiger partial charge in [-0.2, -0.15) is 0 Å². The van der Waals surface area contributed by atoms with Crippen LogP contribution in [0.3, 0.4) is 0 Å². The van der Waals surface area contributed by atoms with Crippen molar-refractivity contribution in [1.29, 1.82) is 0 Å². The third-order valence-corrected chi connectivity index (χ3v) is 4.14. The summed E-state index contributed by atoms with van der Waals surface area (Å²) in [6.45, 7) is 5.01. The van der Waals surface area contributed by atoms with E-state index < -0.39 is 0 Å². The zero-order chi connectivity index (χ0) is 13.9. The Bertz CT molecular complexity index is 733. The van der Waals surface area contributed by atoms with E-state index in [1.807, 2.05) is 19.2 Å². The summed E-state index contributed by atoms with van der Waals surface area (Å²) >= 11 is 1.77. The van der Waals surface area contributed by atoms with E-state index in [1.54, 1.807) is 11.3 Å². The number of hydrogen-bond acceptors (Lipinski definition) is 4. The number of benzene rings is 1. The standard InChI is InChI=1S/C16H17N3S/c1-11-9-15(13-5-3-4-6-14(13)19-11)17-8-7-16-18-10-12(2)20-16/h3-6,9-10H,7-8H2,1-2H3,(H,17,19). The van der Waals surface area contributed by atoms with Gasteiger partial charge in [-0.25, -0.2) is 4.98 Å². The SMILES string of the molecule is Cc1cc(NCCc2ncc(C)s2)c2ccccc2n1. The predicted molar refractivity (Wildman–Crippen MR) is 85.5 cm³/mol. The maximum atomic E-state index is 4.56. The van der Waals surface area contributed by atoms with Crippen LogP contribution >= 0.6 is 11.3 Å². The number of aryl methyl sites for hydroxylation is 2. The number of anilines is 1. The smallest absolute Gasteiger partial charge is 0.0945 e. The van der Waals surface area contributed by atoms with Gasteiger partial charge < -0.3 is 5.32 Å². The molecule has 4 heteroatoms. The molecule has 0 aliphatic heterocycles. The molecule has 2 aromatic heterocycles. The van der Waals surface area contributed by atoms with Gasteiger partial charge in [0.25, 0.3) is 0 Å². The fourth-order valence-electron chi connectivity index (χ4n) is 2.28. The normalized spacial score (nSPS) is 10.9. The Balaban J connectivity index is 1.77. The van der Waals surface area contributed by atoms with E-state index in [1.165, 1.54) is 15.3 Å². The van der Waals surface area contributed by atoms with Crippen LogP contribution in [-0.2, 0) is 6.42 Å².